The second-order valence-corrected chi connectivity index (χ2v) is 7.75. The molecule has 3 rings (SSSR count). The van der Waals surface area contributed by atoms with Gasteiger partial charge in [0.25, 0.3) is 0 Å². The van der Waals surface area contributed by atoms with Crippen LogP contribution in [-0.2, 0) is 4.79 Å². The van der Waals surface area contributed by atoms with Gasteiger partial charge in [0.1, 0.15) is 0 Å². The van der Waals surface area contributed by atoms with Gasteiger partial charge in [-0.1, -0.05) is 53.2 Å². The molecule has 1 N–H and O–H groups in total. The van der Waals surface area contributed by atoms with Crippen LogP contribution in [-0.4, -0.2) is 31.4 Å². The monoisotopic (exact) mass is 407 g/mol. The van der Waals surface area contributed by atoms with E-state index in [0.717, 1.165) is 11.3 Å². The Kier molecular flexibility index (Phi) is 5.80. The van der Waals surface area contributed by atoms with Crippen LogP contribution in [0.1, 0.15) is 12.5 Å². The zero-order valence-corrected chi connectivity index (χ0v) is 16.3. The summed E-state index contributed by atoms with van der Waals surface area (Å²) in [4.78, 5) is 12.5. The molecule has 0 aliphatic heterocycles. The molecule has 0 fully saturated rings. The Morgan fingerprint density at radius 1 is 1.19 bits per heavy atom. The number of hydrogen-bond acceptors (Lipinski definition) is 5. The first-order chi connectivity index (χ1) is 12.4. The average Bonchev–Trinajstić information content (AvgIpc) is 3.02. The van der Waals surface area contributed by atoms with Crippen LogP contribution in [0.15, 0.2) is 47.6 Å². The molecule has 26 heavy (non-hydrogen) atoms. The number of halogens is 2. The number of aryl methyl sites for hydroxylation is 1. The van der Waals surface area contributed by atoms with Gasteiger partial charge in [0.15, 0.2) is 0 Å². The first kappa shape index (κ1) is 18.7. The summed E-state index contributed by atoms with van der Waals surface area (Å²) in [6.07, 6.45) is 0. The minimum absolute atomic E-state index is 0.201. The van der Waals surface area contributed by atoms with Crippen molar-refractivity contribution in [2.24, 2.45) is 0 Å². The highest BCUT2D eigenvalue weighted by molar-refractivity contribution is 8.00. The lowest BCUT2D eigenvalue weighted by Crippen LogP contribution is -2.23. The Morgan fingerprint density at radius 2 is 1.88 bits per heavy atom. The second-order valence-electron chi connectivity index (χ2n) is 5.57. The van der Waals surface area contributed by atoms with E-state index in [1.807, 2.05) is 31.2 Å². The molecule has 3 aromatic rings. The molecule has 9 heteroatoms. The largest absolute Gasteiger partial charge is 0.325 e. The van der Waals surface area contributed by atoms with E-state index in [1.54, 1.807) is 29.8 Å². The third kappa shape index (κ3) is 4.35. The standard InChI is InChI=1S/C17H15Cl2N5OS/c1-10-5-3-4-6-15(10)24-17(21-22-23-24)26-11(2)16(25)20-14-8-12(18)7-13(19)9-14/h3-9,11H,1-2H3,(H,20,25)/t11-/m1/s1. The highest BCUT2D eigenvalue weighted by Crippen LogP contribution is 2.26. The molecule has 0 spiro atoms. The molecule has 1 aromatic heterocycles. The number of rotatable bonds is 5. The van der Waals surface area contributed by atoms with Crippen LogP contribution in [0.3, 0.4) is 0 Å². The Hall–Kier alpha value is -2.09. The number of carbonyl (C=O) groups excluding carboxylic acids is 1. The quantitative estimate of drug-likeness (QED) is 0.634. The van der Waals surface area contributed by atoms with Gasteiger partial charge < -0.3 is 5.32 Å². The molecule has 0 bridgehead atoms. The first-order valence-electron chi connectivity index (χ1n) is 7.72. The summed E-state index contributed by atoms with van der Waals surface area (Å²) in [5, 5.41) is 15.6. The van der Waals surface area contributed by atoms with Crippen molar-refractivity contribution in [2.75, 3.05) is 5.32 Å². The molecule has 1 heterocycles. The van der Waals surface area contributed by atoms with Gasteiger partial charge in [0.2, 0.25) is 11.1 Å². The van der Waals surface area contributed by atoms with Crippen LogP contribution < -0.4 is 5.32 Å². The van der Waals surface area contributed by atoms with Gasteiger partial charge in [-0.15, -0.1) is 5.10 Å². The van der Waals surface area contributed by atoms with Crippen molar-refractivity contribution in [3.8, 4) is 5.69 Å². The summed E-state index contributed by atoms with van der Waals surface area (Å²) in [5.74, 6) is -0.201. The lowest BCUT2D eigenvalue weighted by molar-refractivity contribution is -0.115. The number of aromatic nitrogens is 4. The number of nitrogens with one attached hydrogen (secondary N) is 1. The van der Waals surface area contributed by atoms with Gasteiger partial charge in [0, 0.05) is 15.7 Å². The minimum atomic E-state index is -0.429. The topological polar surface area (TPSA) is 72.7 Å². The third-order valence-corrected chi connectivity index (χ3v) is 5.04. The van der Waals surface area contributed by atoms with Crippen LogP contribution in [0.5, 0.6) is 0 Å². The van der Waals surface area contributed by atoms with Crippen molar-refractivity contribution in [3.63, 3.8) is 0 Å². The summed E-state index contributed by atoms with van der Waals surface area (Å²) in [5.41, 5.74) is 2.44. The summed E-state index contributed by atoms with van der Waals surface area (Å²) in [6, 6.07) is 12.6. The molecule has 0 radical (unpaired) electrons. The van der Waals surface area contributed by atoms with E-state index < -0.39 is 5.25 Å². The zero-order valence-electron chi connectivity index (χ0n) is 14.0. The van der Waals surface area contributed by atoms with E-state index in [9.17, 15) is 4.79 Å². The van der Waals surface area contributed by atoms with E-state index in [0.29, 0.717) is 20.9 Å². The van der Waals surface area contributed by atoms with Gasteiger partial charge in [-0.3, -0.25) is 4.79 Å². The molecular weight excluding hydrogens is 393 g/mol. The molecule has 6 nitrogen and oxygen atoms in total. The molecule has 2 aromatic carbocycles. The van der Waals surface area contributed by atoms with Gasteiger partial charge in [-0.2, -0.15) is 4.68 Å². The van der Waals surface area contributed by atoms with E-state index in [-0.39, 0.29) is 5.91 Å². The van der Waals surface area contributed by atoms with Crippen LogP contribution >= 0.6 is 35.0 Å². The number of para-hydroxylation sites is 1. The number of tetrazole rings is 1. The highest BCUT2D eigenvalue weighted by Gasteiger charge is 2.20. The lowest BCUT2D eigenvalue weighted by Gasteiger charge is -2.13. The van der Waals surface area contributed by atoms with Crippen molar-refractivity contribution in [1.29, 1.82) is 0 Å². The van der Waals surface area contributed by atoms with E-state index >= 15 is 0 Å². The fourth-order valence-corrected chi connectivity index (χ4v) is 3.61. The Balaban J connectivity index is 1.74. The van der Waals surface area contributed by atoms with Crippen molar-refractivity contribution in [2.45, 2.75) is 24.3 Å². The molecule has 1 amide bonds. The molecule has 0 aliphatic carbocycles. The smallest absolute Gasteiger partial charge is 0.237 e. The predicted octanol–water partition coefficient (Wildman–Crippen LogP) is 4.40. The van der Waals surface area contributed by atoms with E-state index in [1.165, 1.54) is 11.8 Å². The number of nitrogens with zero attached hydrogens (tertiary/aromatic N) is 4. The van der Waals surface area contributed by atoms with Crippen molar-refractivity contribution < 1.29 is 4.79 Å². The van der Waals surface area contributed by atoms with E-state index in [2.05, 4.69) is 20.8 Å². The zero-order chi connectivity index (χ0) is 18.7. The molecular formula is C17H15Cl2N5OS. The lowest BCUT2D eigenvalue weighted by atomic mass is 10.2. The fraction of sp³-hybridized carbons (Fsp3) is 0.176. The molecule has 1 atom stereocenters. The van der Waals surface area contributed by atoms with Crippen LogP contribution in [0.4, 0.5) is 5.69 Å². The summed E-state index contributed by atoms with van der Waals surface area (Å²) in [7, 11) is 0. The predicted molar refractivity (Wildman–Crippen MR) is 104 cm³/mol. The first-order valence-corrected chi connectivity index (χ1v) is 9.35. The highest BCUT2D eigenvalue weighted by atomic mass is 35.5. The number of benzene rings is 2. The Labute approximate surface area is 164 Å². The number of hydrogen-bond donors (Lipinski definition) is 1. The van der Waals surface area contributed by atoms with Crippen molar-refractivity contribution in [1.82, 2.24) is 20.2 Å². The maximum atomic E-state index is 12.5. The van der Waals surface area contributed by atoms with E-state index in [4.69, 9.17) is 23.2 Å². The van der Waals surface area contributed by atoms with Gasteiger partial charge in [-0.25, -0.2) is 0 Å². The maximum absolute atomic E-state index is 12.5. The number of amides is 1. The second kappa shape index (κ2) is 8.07. The van der Waals surface area contributed by atoms with Crippen LogP contribution in [0.25, 0.3) is 5.69 Å². The minimum Gasteiger partial charge on any atom is -0.325 e. The molecule has 0 aliphatic rings. The van der Waals surface area contributed by atoms with Crippen molar-refractivity contribution in [3.05, 3.63) is 58.1 Å². The van der Waals surface area contributed by atoms with Gasteiger partial charge in [0.05, 0.1) is 10.9 Å². The Morgan fingerprint density at radius 3 is 2.58 bits per heavy atom. The normalized spacial score (nSPS) is 12.0. The third-order valence-electron chi connectivity index (χ3n) is 3.57. The molecule has 0 saturated heterocycles. The van der Waals surface area contributed by atoms with Crippen LogP contribution in [0.2, 0.25) is 10.0 Å². The molecule has 0 saturated carbocycles. The summed E-state index contributed by atoms with van der Waals surface area (Å²) >= 11 is 13.2. The Bertz CT molecular complexity index is 926. The average molecular weight is 408 g/mol. The fourth-order valence-electron chi connectivity index (χ4n) is 2.29. The number of carbonyl (C=O) groups is 1. The summed E-state index contributed by atoms with van der Waals surface area (Å²) in [6.45, 7) is 3.76. The van der Waals surface area contributed by atoms with Crippen LogP contribution in [0, 0.1) is 6.92 Å². The summed E-state index contributed by atoms with van der Waals surface area (Å²) < 4.78 is 1.63. The van der Waals surface area contributed by atoms with Gasteiger partial charge >= 0.3 is 0 Å². The molecule has 0 unspecified atom stereocenters. The van der Waals surface area contributed by atoms with Crippen molar-refractivity contribution >= 4 is 46.6 Å². The molecule has 134 valence electrons. The van der Waals surface area contributed by atoms with Gasteiger partial charge in [-0.05, 0) is 54.1 Å². The maximum Gasteiger partial charge on any atom is 0.237 e. The number of anilines is 1. The SMILES string of the molecule is Cc1ccccc1-n1nnnc1S[C@H](C)C(=O)Nc1cc(Cl)cc(Cl)c1. The number of thioether (sulfide) groups is 1.